The van der Waals surface area contributed by atoms with Gasteiger partial charge >= 0.3 is 0 Å². The summed E-state index contributed by atoms with van der Waals surface area (Å²) in [5.74, 6) is -0.121. The highest BCUT2D eigenvalue weighted by Gasteiger charge is 2.33. The Morgan fingerprint density at radius 3 is 2.69 bits per heavy atom. The number of benzene rings is 2. The van der Waals surface area contributed by atoms with Gasteiger partial charge in [-0.3, -0.25) is 9.69 Å². The average Bonchev–Trinajstić information content (AvgIpc) is 2.84. The molecule has 35 heavy (non-hydrogen) atoms. The molecule has 3 heterocycles. The zero-order valence-electron chi connectivity index (χ0n) is 19.8. The first-order valence-corrected chi connectivity index (χ1v) is 11.9. The molecular formula is C25H27ClFN7O. The highest BCUT2D eigenvalue weighted by Crippen LogP contribution is 2.34. The van der Waals surface area contributed by atoms with Gasteiger partial charge in [0.25, 0.3) is 5.91 Å². The summed E-state index contributed by atoms with van der Waals surface area (Å²) < 4.78 is 14.5. The number of para-hydroxylation sites is 1. The monoisotopic (exact) mass is 495 g/mol. The summed E-state index contributed by atoms with van der Waals surface area (Å²) in [5.41, 5.74) is 2.34. The quantitative estimate of drug-likeness (QED) is 0.560. The van der Waals surface area contributed by atoms with Crippen molar-refractivity contribution in [3.63, 3.8) is 0 Å². The summed E-state index contributed by atoms with van der Waals surface area (Å²) in [6.07, 6.45) is 1.46. The van der Waals surface area contributed by atoms with Gasteiger partial charge in [-0.15, -0.1) is 0 Å². The van der Waals surface area contributed by atoms with Gasteiger partial charge in [-0.1, -0.05) is 17.7 Å². The molecule has 0 radical (unpaired) electrons. The average molecular weight is 496 g/mol. The van der Waals surface area contributed by atoms with Crippen molar-refractivity contribution in [2.45, 2.75) is 25.9 Å². The zero-order valence-corrected chi connectivity index (χ0v) is 20.6. The minimum Gasteiger partial charge on any atom is -0.366 e. The van der Waals surface area contributed by atoms with Gasteiger partial charge in [-0.25, -0.2) is 9.37 Å². The van der Waals surface area contributed by atoms with Gasteiger partial charge < -0.3 is 20.4 Å². The van der Waals surface area contributed by atoms with Gasteiger partial charge in [0.05, 0.1) is 11.7 Å². The third-order valence-corrected chi connectivity index (χ3v) is 6.69. The summed E-state index contributed by atoms with van der Waals surface area (Å²) in [7, 11) is 1.79. The molecule has 10 heteroatoms. The molecule has 8 nitrogen and oxygen atoms in total. The lowest BCUT2D eigenvalue weighted by atomic mass is 10.1. The minimum atomic E-state index is -0.560. The third-order valence-electron chi connectivity index (χ3n) is 6.39. The van der Waals surface area contributed by atoms with E-state index >= 15 is 0 Å². The van der Waals surface area contributed by atoms with Crippen LogP contribution < -0.4 is 25.3 Å². The Hall–Kier alpha value is -3.43. The molecule has 1 amide bonds. The number of fused-ring (bicyclic) bond motifs is 1. The number of nitrogens with zero attached hydrogens (tertiary/aromatic N) is 5. The van der Waals surface area contributed by atoms with Gasteiger partial charge in [0.2, 0.25) is 5.95 Å². The Labute approximate surface area is 208 Å². The van der Waals surface area contributed by atoms with E-state index in [1.807, 2.05) is 12.1 Å². The first-order valence-electron chi connectivity index (χ1n) is 11.5. The van der Waals surface area contributed by atoms with Crippen LogP contribution in [0.1, 0.15) is 24.2 Å². The summed E-state index contributed by atoms with van der Waals surface area (Å²) in [5, 5.41) is 6.88. The fourth-order valence-electron chi connectivity index (χ4n) is 4.53. The van der Waals surface area contributed by atoms with Crippen LogP contribution in [-0.2, 0) is 0 Å². The number of aromatic nitrogens is 2. The molecule has 1 fully saturated rings. The second-order valence-corrected chi connectivity index (χ2v) is 9.46. The molecule has 2 aliphatic heterocycles. The van der Waals surface area contributed by atoms with E-state index in [4.69, 9.17) is 11.6 Å². The maximum Gasteiger partial charge on any atom is 0.265 e. The molecule has 0 bridgehead atoms. The third kappa shape index (κ3) is 4.49. The number of carbonyl (C=O) groups excluding carboxylic acids is 1. The number of hydrogen-bond donors (Lipinski definition) is 2. The van der Waals surface area contributed by atoms with Crippen LogP contribution in [0.15, 0.2) is 48.7 Å². The first-order chi connectivity index (χ1) is 16.8. The van der Waals surface area contributed by atoms with Gasteiger partial charge in [-0.05, 0) is 50.2 Å². The van der Waals surface area contributed by atoms with Gasteiger partial charge in [0.15, 0.2) is 0 Å². The summed E-state index contributed by atoms with van der Waals surface area (Å²) in [6, 6.07) is 13.4. The van der Waals surface area contributed by atoms with Gasteiger partial charge in [0, 0.05) is 49.8 Å². The number of carbonyl (C=O) groups is 1. The zero-order chi connectivity index (χ0) is 24.7. The predicted octanol–water partition coefficient (Wildman–Crippen LogP) is 4.25. The molecule has 2 N–H and O–H groups in total. The molecule has 0 aliphatic carbocycles. The highest BCUT2D eigenvalue weighted by atomic mass is 35.5. The Balaban J connectivity index is 1.35. The number of anilines is 5. The van der Waals surface area contributed by atoms with E-state index in [0.29, 0.717) is 23.8 Å². The SMILES string of the molecule is CC1CN(c2ccc(Nc3ncc4c(n3)N(C)CN(c3c(F)cccc3Cl)C4=O)cc2)C(C)CN1. The predicted molar refractivity (Wildman–Crippen MR) is 138 cm³/mol. The van der Waals surface area contributed by atoms with Crippen molar-refractivity contribution in [3.8, 4) is 0 Å². The lowest BCUT2D eigenvalue weighted by Gasteiger charge is -2.39. The topological polar surface area (TPSA) is 76.6 Å². The standard InChI is InChI=1S/C25H27ClFN7O/c1-15-13-33(16(2)11-28-15)18-9-7-17(8-10-18)30-25-29-12-19-23(31-25)32(3)14-34(24(19)35)22-20(26)5-4-6-21(22)27/h4-10,12,15-16,28H,11,13-14H2,1-3H3,(H,29,30,31). The van der Waals surface area contributed by atoms with Crippen LogP contribution in [0, 0.1) is 5.82 Å². The molecule has 2 aliphatic rings. The lowest BCUT2D eigenvalue weighted by Crippen LogP contribution is -2.54. The van der Waals surface area contributed by atoms with Crippen molar-refractivity contribution in [3.05, 3.63) is 65.1 Å². The molecule has 2 unspecified atom stereocenters. The minimum absolute atomic E-state index is 0.0483. The van der Waals surface area contributed by atoms with Crippen molar-refractivity contribution >= 4 is 46.3 Å². The van der Waals surface area contributed by atoms with Crippen LogP contribution in [-0.4, -0.2) is 54.8 Å². The van der Waals surface area contributed by atoms with E-state index in [-0.39, 0.29) is 22.9 Å². The normalized spacial score (nSPS) is 20.1. The van der Waals surface area contributed by atoms with Crippen molar-refractivity contribution < 1.29 is 9.18 Å². The maximum absolute atomic E-state index is 14.5. The van der Waals surface area contributed by atoms with E-state index in [9.17, 15) is 9.18 Å². The fraction of sp³-hybridized carbons (Fsp3) is 0.320. The van der Waals surface area contributed by atoms with Crippen LogP contribution in [0.25, 0.3) is 0 Å². The van der Waals surface area contributed by atoms with Crippen LogP contribution in [0.2, 0.25) is 5.02 Å². The molecule has 0 spiro atoms. The lowest BCUT2D eigenvalue weighted by molar-refractivity contribution is 0.0981. The molecule has 0 saturated carbocycles. The van der Waals surface area contributed by atoms with E-state index < -0.39 is 11.7 Å². The fourth-order valence-corrected chi connectivity index (χ4v) is 4.79. The Morgan fingerprint density at radius 1 is 1.17 bits per heavy atom. The maximum atomic E-state index is 14.5. The molecule has 2 atom stereocenters. The Bertz CT molecular complexity index is 1230. The van der Waals surface area contributed by atoms with Gasteiger partial charge in [0.1, 0.15) is 22.9 Å². The molecule has 1 aromatic heterocycles. The molecule has 3 aromatic rings. The largest absolute Gasteiger partial charge is 0.366 e. The van der Waals surface area contributed by atoms with E-state index in [2.05, 4.69) is 51.5 Å². The van der Waals surface area contributed by atoms with Crippen molar-refractivity contribution in [1.29, 1.82) is 0 Å². The van der Waals surface area contributed by atoms with Crippen LogP contribution in [0.3, 0.4) is 0 Å². The van der Waals surface area contributed by atoms with E-state index in [0.717, 1.165) is 18.8 Å². The molecule has 1 saturated heterocycles. The van der Waals surface area contributed by atoms with E-state index in [1.165, 1.54) is 28.9 Å². The Kier molecular flexibility index (Phi) is 6.21. The van der Waals surface area contributed by atoms with Crippen LogP contribution in [0.5, 0.6) is 0 Å². The first kappa shape index (κ1) is 23.3. The molecule has 2 aromatic carbocycles. The number of hydrogen-bond acceptors (Lipinski definition) is 7. The molecule has 5 rings (SSSR count). The molecule has 182 valence electrons. The van der Waals surface area contributed by atoms with Crippen LogP contribution in [0.4, 0.5) is 33.2 Å². The number of amides is 1. The van der Waals surface area contributed by atoms with Gasteiger partial charge in [-0.2, -0.15) is 4.98 Å². The number of rotatable bonds is 4. The summed E-state index contributed by atoms with van der Waals surface area (Å²) in [6.45, 7) is 6.42. The number of halogens is 2. The van der Waals surface area contributed by atoms with Crippen LogP contribution >= 0.6 is 11.6 Å². The number of nitrogens with one attached hydrogen (secondary N) is 2. The van der Waals surface area contributed by atoms with E-state index in [1.54, 1.807) is 18.0 Å². The smallest absolute Gasteiger partial charge is 0.265 e. The second kappa shape index (κ2) is 9.31. The molecular weight excluding hydrogens is 469 g/mol. The van der Waals surface area contributed by atoms with Crippen molar-refractivity contribution in [1.82, 2.24) is 15.3 Å². The summed E-state index contributed by atoms with van der Waals surface area (Å²) >= 11 is 6.19. The Morgan fingerprint density at radius 2 is 1.94 bits per heavy atom. The number of piperazine rings is 1. The van der Waals surface area contributed by atoms with Crippen molar-refractivity contribution in [2.75, 3.05) is 46.8 Å². The highest BCUT2D eigenvalue weighted by molar-refractivity contribution is 6.34. The summed E-state index contributed by atoms with van der Waals surface area (Å²) in [4.78, 5) is 27.5. The van der Waals surface area contributed by atoms with Crippen molar-refractivity contribution in [2.24, 2.45) is 0 Å². The second-order valence-electron chi connectivity index (χ2n) is 9.06.